The molecule has 30 heavy (non-hydrogen) atoms. The Morgan fingerprint density at radius 1 is 1.03 bits per heavy atom. The molecule has 1 saturated carbocycles. The molecule has 1 aromatic heterocycles. The number of halogens is 1. The van der Waals surface area contributed by atoms with Crippen LogP contribution in [0.2, 0.25) is 0 Å². The lowest BCUT2D eigenvalue weighted by molar-refractivity contribution is -0.119. The van der Waals surface area contributed by atoms with Crippen molar-refractivity contribution in [2.45, 2.75) is 49.8 Å². The zero-order chi connectivity index (χ0) is 20.8. The summed E-state index contributed by atoms with van der Waals surface area (Å²) in [5.74, 6) is 1.21. The first-order valence-electron chi connectivity index (χ1n) is 10.3. The molecular formula is C23H25BrN4OS. The van der Waals surface area contributed by atoms with Gasteiger partial charge in [-0.05, 0) is 24.5 Å². The van der Waals surface area contributed by atoms with Crippen LogP contribution in [0, 0.1) is 0 Å². The summed E-state index contributed by atoms with van der Waals surface area (Å²) in [6, 6.07) is 18.6. The summed E-state index contributed by atoms with van der Waals surface area (Å²) in [6.07, 6.45) is 5.87. The van der Waals surface area contributed by atoms with Gasteiger partial charge in [-0.15, -0.1) is 10.2 Å². The van der Waals surface area contributed by atoms with Crippen molar-refractivity contribution >= 4 is 33.6 Å². The molecule has 2 aromatic carbocycles. The zero-order valence-electron chi connectivity index (χ0n) is 16.8. The number of carbonyl (C=O) groups excluding carboxylic acids is 1. The minimum atomic E-state index is 0.0728. The number of thioether (sulfide) groups is 1. The molecule has 0 spiro atoms. The van der Waals surface area contributed by atoms with Crippen molar-refractivity contribution < 1.29 is 4.79 Å². The summed E-state index contributed by atoms with van der Waals surface area (Å²) in [5, 5.41) is 12.8. The van der Waals surface area contributed by atoms with Gasteiger partial charge in [0.25, 0.3) is 0 Å². The van der Waals surface area contributed by atoms with E-state index in [-0.39, 0.29) is 5.91 Å². The van der Waals surface area contributed by atoms with Crippen molar-refractivity contribution in [3.05, 3.63) is 64.6 Å². The third-order valence-corrected chi connectivity index (χ3v) is 6.98. The summed E-state index contributed by atoms with van der Waals surface area (Å²) in [6.45, 7) is 0.650. The van der Waals surface area contributed by atoms with E-state index in [1.54, 1.807) is 0 Å². The van der Waals surface area contributed by atoms with Crippen LogP contribution in [0.15, 0.2) is 64.2 Å². The van der Waals surface area contributed by atoms with E-state index in [0.29, 0.717) is 18.3 Å². The molecule has 0 radical (unpaired) electrons. The molecule has 1 fully saturated rings. The largest absolute Gasteiger partial charge is 0.353 e. The Labute approximate surface area is 189 Å². The first-order chi connectivity index (χ1) is 14.7. The number of nitrogens with one attached hydrogen (secondary N) is 1. The molecule has 156 valence electrons. The Kier molecular flexibility index (Phi) is 7.23. The number of amides is 1. The molecule has 3 aromatic rings. The van der Waals surface area contributed by atoms with E-state index in [4.69, 9.17) is 0 Å². The van der Waals surface area contributed by atoms with Crippen LogP contribution < -0.4 is 5.32 Å². The molecule has 0 atom stereocenters. The van der Waals surface area contributed by atoms with Gasteiger partial charge in [0, 0.05) is 16.1 Å². The summed E-state index contributed by atoms with van der Waals surface area (Å²) >= 11 is 5.07. The molecular weight excluding hydrogens is 460 g/mol. The van der Waals surface area contributed by atoms with Crippen LogP contribution in [0.3, 0.4) is 0 Å². The summed E-state index contributed by atoms with van der Waals surface area (Å²) in [4.78, 5) is 12.5. The minimum Gasteiger partial charge on any atom is -0.353 e. The molecule has 1 heterocycles. The average molecular weight is 485 g/mol. The van der Waals surface area contributed by atoms with Crippen molar-refractivity contribution in [2.24, 2.45) is 0 Å². The van der Waals surface area contributed by atoms with Crippen molar-refractivity contribution in [1.29, 1.82) is 0 Å². The normalized spacial score (nSPS) is 14.6. The monoisotopic (exact) mass is 484 g/mol. The molecule has 1 aliphatic rings. The highest BCUT2D eigenvalue weighted by molar-refractivity contribution is 9.10. The summed E-state index contributed by atoms with van der Waals surface area (Å²) < 4.78 is 3.06. The number of hydrogen-bond donors (Lipinski definition) is 1. The topological polar surface area (TPSA) is 59.8 Å². The SMILES string of the molecule is O=C(CSc1nnc(-c2ccccc2Br)n1Cc1ccccc1)NC1CCCCC1. The molecule has 0 aliphatic heterocycles. The van der Waals surface area contributed by atoms with E-state index in [1.165, 1.54) is 36.6 Å². The number of hydrogen-bond acceptors (Lipinski definition) is 4. The number of aromatic nitrogens is 3. The Morgan fingerprint density at radius 2 is 1.77 bits per heavy atom. The Hall–Kier alpha value is -2.12. The highest BCUT2D eigenvalue weighted by Crippen LogP contribution is 2.30. The smallest absolute Gasteiger partial charge is 0.230 e. The van der Waals surface area contributed by atoms with Crippen LogP contribution in [-0.4, -0.2) is 32.5 Å². The molecule has 7 heteroatoms. The minimum absolute atomic E-state index is 0.0728. The number of benzene rings is 2. The second kappa shape index (κ2) is 10.3. The van der Waals surface area contributed by atoms with Gasteiger partial charge in [0.15, 0.2) is 11.0 Å². The first kappa shape index (κ1) is 21.1. The van der Waals surface area contributed by atoms with Gasteiger partial charge in [0.2, 0.25) is 5.91 Å². The van der Waals surface area contributed by atoms with E-state index >= 15 is 0 Å². The zero-order valence-corrected chi connectivity index (χ0v) is 19.2. The van der Waals surface area contributed by atoms with Gasteiger partial charge in [0.05, 0.1) is 12.3 Å². The van der Waals surface area contributed by atoms with Crippen LogP contribution in [-0.2, 0) is 11.3 Å². The molecule has 4 rings (SSSR count). The fourth-order valence-corrected chi connectivity index (χ4v) is 5.00. The van der Waals surface area contributed by atoms with Gasteiger partial charge in [-0.2, -0.15) is 0 Å². The second-order valence-corrected chi connectivity index (χ2v) is 9.35. The average Bonchev–Trinajstić information content (AvgIpc) is 3.16. The van der Waals surface area contributed by atoms with Gasteiger partial charge in [-0.3, -0.25) is 9.36 Å². The van der Waals surface area contributed by atoms with Crippen molar-refractivity contribution in [3.63, 3.8) is 0 Å². The molecule has 0 unspecified atom stereocenters. The van der Waals surface area contributed by atoms with Crippen LogP contribution in [0.1, 0.15) is 37.7 Å². The maximum atomic E-state index is 12.5. The number of rotatable bonds is 7. The van der Waals surface area contributed by atoms with Crippen LogP contribution in [0.4, 0.5) is 0 Å². The van der Waals surface area contributed by atoms with E-state index in [0.717, 1.165) is 33.9 Å². The van der Waals surface area contributed by atoms with E-state index in [9.17, 15) is 4.79 Å². The predicted molar refractivity (Wildman–Crippen MR) is 124 cm³/mol. The molecule has 0 saturated heterocycles. The second-order valence-electron chi connectivity index (χ2n) is 7.55. The van der Waals surface area contributed by atoms with Crippen molar-refractivity contribution in [3.8, 4) is 11.4 Å². The maximum absolute atomic E-state index is 12.5. The number of carbonyl (C=O) groups is 1. The van der Waals surface area contributed by atoms with Gasteiger partial charge >= 0.3 is 0 Å². The standard InChI is InChI=1S/C23H25BrN4OS/c24-20-14-8-7-13-19(20)22-26-27-23(28(22)15-17-9-3-1-4-10-17)30-16-21(29)25-18-11-5-2-6-12-18/h1,3-4,7-10,13-14,18H,2,5-6,11-12,15-16H2,(H,25,29). The summed E-state index contributed by atoms with van der Waals surface area (Å²) in [7, 11) is 0. The van der Waals surface area contributed by atoms with Crippen molar-refractivity contribution in [1.82, 2.24) is 20.1 Å². The van der Waals surface area contributed by atoms with Gasteiger partial charge < -0.3 is 5.32 Å². The van der Waals surface area contributed by atoms with Gasteiger partial charge in [-0.25, -0.2) is 0 Å². The number of nitrogens with zero attached hydrogens (tertiary/aromatic N) is 3. The van der Waals surface area contributed by atoms with Crippen LogP contribution >= 0.6 is 27.7 Å². The molecule has 5 nitrogen and oxygen atoms in total. The Morgan fingerprint density at radius 3 is 2.53 bits per heavy atom. The lowest BCUT2D eigenvalue weighted by Crippen LogP contribution is -2.37. The van der Waals surface area contributed by atoms with Crippen molar-refractivity contribution in [2.75, 3.05) is 5.75 Å². The highest BCUT2D eigenvalue weighted by Gasteiger charge is 2.19. The first-order valence-corrected chi connectivity index (χ1v) is 12.1. The fraction of sp³-hybridized carbons (Fsp3) is 0.348. The van der Waals surface area contributed by atoms with Gasteiger partial charge in [-0.1, -0.05) is 95.5 Å². The van der Waals surface area contributed by atoms with Gasteiger partial charge in [0.1, 0.15) is 0 Å². The van der Waals surface area contributed by atoms with E-state index in [1.807, 2.05) is 42.5 Å². The lowest BCUT2D eigenvalue weighted by atomic mass is 9.95. The molecule has 1 N–H and O–H groups in total. The Balaban J connectivity index is 1.53. The quantitative estimate of drug-likeness (QED) is 0.462. The maximum Gasteiger partial charge on any atom is 0.230 e. The van der Waals surface area contributed by atoms with E-state index < -0.39 is 0 Å². The lowest BCUT2D eigenvalue weighted by Gasteiger charge is -2.22. The van der Waals surface area contributed by atoms with Crippen LogP contribution in [0.5, 0.6) is 0 Å². The van der Waals surface area contributed by atoms with Crippen LogP contribution in [0.25, 0.3) is 11.4 Å². The third-order valence-electron chi connectivity index (χ3n) is 5.32. The summed E-state index contributed by atoms with van der Waals surface area (Å²) in [5.41, 5.74) is 2.15. The predicted octanol–water partition coefficient (Wildman–Crippen LogP) is 5.30. The van der Waals surface area contributed by atoms with E-state index in [2.05, 4.69) is 48.1 Å². The third kappa shape index (κ3) is 5.32. The highest BCUT2D eigenvalue weighted by atomic mass is 79.9. The molecule has 0 bridgehead atoms. The Bertz CT molecular complexity index is 986. The molecule has 1 aliphatic carbocycles. The molecule has 1 amide bonds. The fourth-order valence-electron chi connectivity index (χ4n) is 3.79.